The summed E-state index contributed by atoms with van der Waals surface area (Å²) in [7, 11) is -3.39. The average molecular weight is 332 g/mol. The van der Waals surface area contributed by atoms with E-state index < -0.39 is 20.6 Å². The van der Waals surface area contributed by atoms with Crippen LogP contribution in [0.4, 0.5) is 5.69 Å². The van der Waals surface area contributed by atoms with Crippen LogP contribution >= 0.6 is 23.2 Å². The van der Waals surface area contributed by atoms with Crippen molar-refractivity contribution in [3.8, 4) is 0 Å². The molecule has 1 heterocycles. The Labute approximate surface area is 129 Å². The summed E-state index contributed by atoms with van der Waals surface area (Å²) in [6.07, 6.45) is 5.03. The highest BCUT2D eigenvalue weighted by molar-refractivity contribution is 7.92. The van der Waals surface area contributed by atoms with Crippen molar-refractivity contribution in [3.63, 3.8) is 0 Å². The second kappa shape index (κ2) is 5.80. The minimum absolute atomic E-state index is 0.261. The molecule has 1 aliphatic rings. The van der Waals surface area contributed by atoms with Crippen molar-refractivity contribution < 1.29 is 8.42 Å². The molecule has 6 heteroatoms. The molecule has 1 unspecified atom stereocenters. The van der Waals surface area contributed by atoms with Crippen LogP contribution in [0.2, 0.25) is 0 Å². The highest BCUT2D eigenvalue weighted by atomic mass is 35.5. The molecule has 0 bridgehead atoms. The van der Waals surface area contributed by atoms with Gasteiger partial charge in [0.15, 0.2) is 9.84 Å². The van der Waals surface area contributed by atoms with Crippen LogP contribution in [-0.4, -0.2) is 19.2 Å². The lowest BCUT2D eigenvalue weighted by atomic mass is 10.2. The number of nitrogens with zero attached hydrogens (tertiary/aromatic N) is 1. The predicted molar refractivity (Wildman–Crippen MR) is 84.0 cm³/mol. The van der Waals surface area contributed by atoms with Gasteiger partial charge in [-0.2, -0.15) is 0 Å². The van der Waals surface area contributed by atoms with Gasteiger partial charge in [0.1, 0.15) is 5.50 Å². The molecule has 0 aliphatic carbocycles. The quantitative estimate of drug-likeness (QED) is 0.622. The van der Waals surface area contributed by atoms with Gasteiger partial charge in [-0.1, -0.05) is 35.3 Å². The van der Waals surface area contributed by atoms with Crippen molar-refractivity contribution in [2.45, 2.75) is 29.5 Å². The van der Waals surface area contributed by atoms with Gasteiger partial charge < -0.3 is 4.90 Å². The van der Waals surface area contributed by atoms with Crippen LogP contribution in [0.5, 0.6) is 0 Å². The Balaban J connectivity index is 2.57. The van der Waals surface area contributed by atoms with Crippen LogP contribution in [0.15, 0.2) is 52.5 Å². The summed E-state index contributed by atoms with van der Waals surface area (Å²) >= 11 is 12.2. The van der Waals surface area contributed by atoms with Crippen molar-refractivity contribution in [2.24, 2.45) is 0 Å². The largest absolute Gasteiger partial charge is 0.325 e. The van der Waals surface area contributed by atoms with Gasteiger partial charge >= 0.3 is 0 Å². The Morgan fingerprint density at radius 3 is 2.55 bits per heavy atom. The molecule has 0 saturated heterocycles. The van der Waals surface area contributed by atoms with E-state index in [0.717, 1.165) is 0 Å². The number of para-hydroxylation sites is 1. The first-order valence-electron chi connectivity index (χ1n) is 6.15. The molecule has 1 aromatic rings. The van der Waals surface area contributed by atoms with E-state index in [1.165, 1.54) is 0 Å². The second-order valence-electron chi connectivity index (χ2n) is 4.71. The van der Waals surface area contributed by atoms with Gasteiger partial charge in [-0.15, -0.1) is 0 Å². The Morgan fingerprint density at radius 1 is 1.25 bits per heavy atom. The second-order valence-corrected chi connectivity index (χ2v) is 8.07. The van der Waals surface area contributed by atoms with Crippen LogP contribution in [-0.2, 0) is 9.84 Å². The molecule has 0 spiro atoms. The normalized spacial score (nSPS) is 19.4. The molecule has 0 aromatic heterocycles. The van der Waals surface area contributed by atoms with Gasteiger partial charge in [0.2, 0.25) is 0 Å². The first kappa shape index (κ1) is 15.4. The summed E-state index contributed by atoms with van der Waals surface area (Å²) in [6, 6.07) is 6.80. The van der Waals surface area contributed by atoms with E-state index in [1.807, 2.05) is 0 Å². The van der Waals surface area contributed by atoms with Crippen molar-refractivity contribution in [2.75, 3.05) is 4.90 Å². The van der Waals surface area contributed by atoms with E-state index in [9.17, 15) is 8.42 Å². The topological polar surface area (TPSA) is 37.4 Å². The first-order valence-corrected chi connectivity index (χ1v) is 8.51. The van der Waals surface area contributed by atoms with Crippen LogP contribution in [0.25, 0.3) is 0 Å². The molecule has 0 fully saturated rings. The highest BCUT2D eigenvalue weighted by Gasteiger charge is 2.27. The molecule has 0 N–H and O–H groups in total. The van der Waals surface area contributed by atoms with Gasteiger partial charge in [-0.25, -0.2) is 8.42 Å². The third kappa shape index (κ3) is 2.87. The van der Waals surface area contributed by atoms with E-state index in [1.54, 1.807) is 61.4 Å². The Hall–Kier alpha value is -0.970. The highest BCUT2D eigenvalue weighted by Crippen LogP contribution is 2.33. The first-order chi connectivity index (χ1) is 9.34. The summed E-state index contributed by atoms with van der Waals surface area (Å²) in [6.45, 7) is 3.31. The number of halogens is 2. The summed E-state index contributed by atoms with van der Waals surface area (Å²) in [5.41, 5.74) is 0.0599. The minimum Gasteiger partial charge on any atom is -0.325 e. The van der Waals surface area contributed by atoms with E-state index >= 15 is 0 Å². The fraction of sp³-hybridized carbons (Fsp3) is 0.286. The molecule has 1 aliphatic heterocycles. The lowest BCUT2D eigenvalue weighted by molar-refractivity contribution is 0.587. The zero-order valence-electron chi connectivity index (χ0n) is 11.1. The molecule has 0 saturated carbocycles. The molecule has 3 nitrogen and oxygen atoms in total. The zero-order chi connectivity index (χ0) is 14.9. The number of hydrogen-bond acceptors (Lipinski definition) is 3. The molecular formula is C14H15Cl2NO2S. The smallest absolute Gasteiger partial charge is 0.182 e. The monoisotopic (exact) mass is 331 g/mol. The number of alkyl halides is 1. The molecule has 20 heavy (non-hydrogen) atoms. The van der Waals surface area contributed by atoms with E-state index in [-0.39, 0.29) is 4.90 Å². The van der Waals surface area contributed by atoms with Crippen molar-refractivity contribution in [1.29, 1.82) is 0 Å². The number of rotatable bonds is 3. The number of hydrogen-bond donors (Lipinski definition) is 0. The number of allylic oxidation sites excluding steroid dienone is 2. The summed E-state index contributed by atoms with van der Waals surface area (Å²) in [5, 5.41) is -0.00384. The summed E-state index contributed by atoms with van der Waals surface area (Å²) < 4.78 is 24.9. The molecule has 0 amide bonds. The lowest BCUT2D eigenvalue weighted by Crippen LogP contribution is -2.28. The van der Waals surface area contributed by atoms with Gasteiger partial charge in [0, 0.05) is 6.20 Å². The maximum absolute atomic E-state index is 12.4. The minimum atomic E-state index is -3.39. The predicted octanol–water partition coefficient (Wildman–Crippen LogP) is 3.89. The number of sulfone groups is 1. The molecule has 2 rings (SSSR count). The molecule has 0 radical (unpaired) electrons. The molecule has 1 aromatic carbocycles. The third-order valence-electron chi connectivity index (χ3n) is 3.01. The summed E-state index contributed by atoms with van der Waals surface area (Å²) in [5.74, 6) is 0. The SMILES string of the molecule is CC(C)S(=O)(=O)c1ccccc1N1C=C(Cl)C=CC1Cl. The Morgan fingerprint density at radius 2 is 1.90 bits per heavy atom. The maximum atomic E-state index is 12.4. The maximum Gasteiger partial charge on any atom is 0.182 e. The fourth-order valence-electron chi connectivity index (χ4n) is 1.88. The molecule has 108 valence electrons. The number of anilines is 1. The van der Waals surface area contributed by atoms with Crippen molar-refractivity contribution >= 4 is 38.7 Å². The standard InChI is InChI=1S/C14H15Cl2NO2S/c1-10(2)20(18,19)13-6-4-3-5-12(13)17-9-11(15)7-8-14(17)16/h3-10,14H,1-2H3. The third-order valence-corrected chi connectivity index (χ3v) is 5.79. The van der Waals surface area contributed by atoms with E-state index in [0.29, 0.717) is 10.7 Å². The van der Waals surface area contributed by atoms with Gasteiger partial charge in [0.25, 0.3) is 0 Å². The Kier molecular flexibility index (Phi) is 4.47. The average Bonchev–Trinajstić information content (AvgIpc) is 2.41. The lowest BCUT2D eigenvalue weighted by Gasteiger charge is -2.29. The van der Waals surface area contributed by atoms with Crippen LogP contribution in [0.3, 0.4) is 0 Å². The van der Waals surface area contributed by atoms with Crippen molar-refractivity contribution in [1.82, 2.24) is 0 Å². The van der Waals surface area contributed by atoms with Crippen molar-refractivity contribution in [3.05, 3.63) is 47.6 Å². The van der Waals surface area contributed by atoms with Gasteiger partial charge in [-0.05, 0) is 38.1 Å². The molecular weight excluding hydrogens is 317 g/mol. The van der Waals surface area contributed by atoms with Crippen LogP contribution in [0.1, 0.15) is 13.8 Å². The fourth-order valence-corrected chi connectivity index (χ4v) is 3.53. The van der Waals surface area contributed by atoms with Gasteiger partial charge in [0.05, 0.1) is 20.9 Å². The van der Waals surface area contributed by atoms with E-state index in [4.69, 9.17) is 23.2 Å². The number of benzene rings is 1. The Bertz CT molecular complexity index is 666. The van der Waals surface area contributed by atoms with Crippen LogP contribution < -0.4 is 4.90 Å². The zero-order valence-corrected chi connectivity index (χ0v) is 13.5. The van der Waals surface area contributed by atoms with Gasteiger partial charge in [-0.3, -0.25) is 0 Å². The molecule has 1 atom stereocenters. The van der Waals surface area contributed by atoms with E-state index in [2.05, 4.69) is 0 Å². The van der Waals surface area contributed by atoms with Crippen LogP contribution in [0, 0.1) is 0 Å². The summed E-state index contributed by atoms with van der Waals surface area (Å²) in [4.78, 5) is 1.91.